The molecule has 0 bridgehead atoms. The van der Waals surface area contributed by atoms with E-state index in [1.54, 1.807) is 12.4 Å². The molecule has 6 heteroatoms. The number of rotatable bonds is 4. The molecule has 3 aromatic heterocycles. The molecule has 0 amide bonds. The van der Waals surface area contributed by atoms with E-state index in [1.807, 2.05) is 85.2 Å². The van der Waals surface area contributed by atoms with Crippen LogP contribution in [0.1, 0.15) is 0 Å². The average molecular weight is 422 g/mol. The van der Waals surface area contributed by atoms with Crippen molar-refractivity contribution in [3.63, 3.8) is 0 Å². The molecule has 0 radical (unpaired) electrons. The highest BCUT2D eigenvalue weighted by atomic mass is 35.5. The SMILES string of the molecule is Clc1nc(-c2ccc(-c3cccnc3)cc2)nc(-c2ccc(-c3cccnc3)cc2)n1. The third-order valence-electron chi connectivity index (χ3n) is 4.88. The molecule has 5 aromatic rings. The normalized spacial score (nSPS) is 10.7. The third-order valence-corrected chi connectivity index (χ3v) is 5.05. The Hall–Kier alpha value is -3.96. The summed E-state index contributed by atoms with van der Waals surface area (Å²) in [5.74, 6) is 1.06. The van der Waals surface area contributed by atoms with Crippen molar-refractivity contribution in [3.8, 4) is 45.0 Å². The van der Waals surface area contributed by atoms with E-state index in [1.165, 1.54) is 0 Å². The van der Waals surface area contributed by atoms with Gasteiger partial charge in [0.15, 0.2) is 11.6 Å². The molecule has 3 heterocycles. The summed E-state index contributed by atoms with van der Waals surface area (Å²) in [6.45, 7) is 0. The Morgan fingerprint density at radius 1 is 0.452 bits per heavy atom. The first kappa shape index (κ1) is 19.0. The van der Waals surface area contributed by atoms with Gasteiger partial charge in [-0.2, -0.15) is 9.97 Å². The lowest BCUT2D eigenvalue weighted by Crippen LogP contribution is -1.97. The molecular weight excluding hydrogens is 406 g/mol. The van der Waals surface area contributed by atoms with Crippen LogP contribution in [-0.2, 0) is 0 Å². The zero-order valence-electron chi connectivity index (χ0n) is 16.4. The number of hydrogen-bond donors (Lipinski definition) is 0. The maximum Gasteiger partial charge on any atom is 0.226 e. The average Bonchev–Trinajstić information content (AvgIpc) is 2.85. The largest absolute Gasteiger partial charge is 0.264 e. The van der Waals surface area contributed by atoms with E-state index >= 15 is 0 Å². The first-order valence-electron chi connectivity index (χ1n) is 9.69. The van der Waals surface area contributed by atoms with Gasteiger partial charge in [-0.05, 0) is 46.0 Å². The number of nitrogens with zero attached hydrogens (tertiary/aromatic N) is 5. The summed E-state index contributed by atoms with van der Waals surface area (Å²) < 4.78 is 0. The zero-order chi connectivity index (χ0) is 21.0. The number of halogens is 1. The Morgan fingerprint density at radius 3 is 1.26 bits per heavy atom. The summed E-state index contributed by atoms with van der Waals surface area (Å²) in [6.07, 6.45) is 7.19. The predicted molar refractivity (Wildman–Crippen MR) is 122 cm³/mol. The predicted octanol–water partition coefficient (Wildman–Crippen LogP) is 5.98. The van der Waals surface area contributed by atoms with Gasteiger partial charge >= 0.3 is 0 Å². The van der Waals surface area contributed by atoms with E-state index in [-0.39, 0.29) is 5.28 Å². The van der Waals surface area contributed by atoms with Gasteiger partial charge in [0, 0.05) is 35.9 Å². The van der Waals surface area contributed by atoms with Gasteiger partial charge in [0.2, 0.25) is 5.28 Å². The van der Waals surface area contributed by atoms with Gasteiger partial charge in [0.25, 0.3) is 0 Å². The minimum absolute atomic E-state index is 0.160. The molecule has 0 saturated heterocycles. The van der Waals surface area contributed by atoms with Crippen molar-refractivity contribution in [1.29, 1.82) is 0 Å². The van der Waals surface area contributed by atoms with E-state index in [2.05, 4.69) is 24.9 Å². The van der Waals surface area contributed by atoms with Gasteiger partial charge < -0.3 is 0 Å². The smallest absolute Gasteiger partial charge is 0.226 e. The molecule has 5 rings (SSSR count). The molecule has 0 N–H and O–H groups in total. The molecule has 2 aromatic carbocycles. The van der Waals surface area contributed by atoms with E-state index < -0.39 is 0 Å². The standard InChI is InChI=1S/C25H16ClN5/c26-25-30-23(19-9-5-17(6-10-19)21-3-1-13-27-15-21)29-24(31-25)20-11-7-18(8-12-20)22-4-2-14-28-16-22/h1-16H. The minimum atomic E-state index is 0.160. The fraction of sp³-hybridized carbons (Fsp3) is 0. The van der Waals surface area contributed by atoms with Crippen molar-refractivity contribution in [2.24, 2.45) is 0 Å². The van der Waals surface area contributed by atoms with Crippen LogP contribution in [0.4, 0.5) is 0 Å². The molecular formula is C25H16ClN5. The minimum Gasteiger partial charge on any atom is -0.264 e. The Labute approximate surface area is 184 Å². The van der Waals surface area contributed by atoms with Crippen molar-refractivity contribution in [1.82, 2.24) is 24.9 Å². The Bertz CT molecular complexity index is 1210. The summed E-state index contributed by atoms with van der Waals surface area (Å²) in [4.78, 5) is 21.6. The Balaban J connectivity index is 1.45. The van der Waals surface area contributed by atoms with E-state index in [0.717, 1.165) is 33.4 Å². The second kappa shape index (κ2) is 8.42. The highest BCUT2D eigenvalue weighted by Crippen LogP contribution is 2.26. The molecule has 0 aliphatic rings. The van der Waals surface area contributed by atoms with Crippen LogP contribution in [0.15, 0.2) is 97.6 Å². The molecule has 0 spiro atoms. The lowest BCUT2D eigenvalue weighted by molar-refractivity contribution is 1.07. The van der Waals surface area contributed by atoms with Crippen LogP contribution in [-0.4, -0.2) is 24.9 Å². The van der Waals surface area contributed by atoms with Crippen molar-refractivity contribution < 1.29 is 0 Å². The quantitative estimate of drug-likeness (QED) is 0.357. The van der Waals surface area contributed by atoms with Gasteiger partial charge in [-0.1, -0.05) is 60.7 Å². The molecule has 148 valence electrons. The second-order valence-corrected chi connectivity index (χ2v) is 7.23. The van der Waals surface area contributed by atoms with Crippen LogP contribution in [0.3, 0.4) is 0 Å². The highest BCUT2D eigenvalue weighted by molar-refractivity contribution is 6.28. The van der Waals surface area contributed by atoms with Crippen molar-refractivity contribution in [3.05, 3.63) is 103 Å². The van der Waals surface area contributed by atoms with Crippen LogP contribution >= 0.6 is 11.6 Å². The van der Waals surface area contributed by atoms with Crippen LogP contribution in [0.5, 0.6) is 0 Å². The van der Waals surface area contributed by atoms with Crippen molar-refractivity contribution in [2.45, 2.75) is 0 Å². The van der Waals surface area contributed by atoms with Gasteiger partial charge in [0.1, 0.15) is 0 Å². The molecule has 0 fully saturated rings. The van der Waals surface area contributed by atoms with E-state index in [0.29, 0.717) is 11.6 Å². The molecule has 0 aliphatic carbocycles. The fourth-order valence-electron chi connectivity index (χ4n) is 3.30. The Morgan fingerprint density at radius 2 is 0.871 bits per heavy atom. The summed E-state index contributed by atoms with van der Waals surface area (Å²) >= 11 is 6.23. The Kier molecular flexibility index (Phi) is 5.17. The van der Waals surface area contributed by atoms with Gasteiger partial charge in [0.05, 0.1) is 0 Å². The van der Waals surface area contributed by atoms with Crippen LogP contribution in [0, 0.1) is 0 Å². The lowest BCUT2D eigenvalue weighted by Gasteiger charge is -2.07. The summed E-state index contributed by atoms with van der Waals surface area (Å²) in [5, 5.41) is 0.160. The van der Waals surface area contributed by atoms with Crippen LogP contribution < -0.4 is 0 Å². The maximum atomic E-state index is 6.23. The van der Waals surface area contributed by atoms with Crippen molar-refractivity contribution >= 4 is 11.6 Å². The molecule has 0 unspecified atom stereocenters. The molecule has 0 aliphatic heterocycles. The molecule has 0 saturated carbocycles. The van der Waals surface area contributed by atoms with Gasteiger partial charge in [-0.3, -0.25) is 9.97 Å². The zero-order valence-corrected chi connectivity index (χ0v) is 17.1. The fourth-order valence-corrected chi connectivity index (χ4v) is 3.46. The summed E-state index contributed by atoms with van der Waals surface area (Å²) in [6, 6.07) is 23.9. The van der Waals surface area contributed by atoms with Crippen molar-refractivity contribution in [2.75, 3.05) is 0 Å². The van der Waals surface area contributed by atoms with E-state index in [9.17, 15) is 0 Å². The first-order valence-corrected chi connectivity index (χ1v) is 10.1. The molecule has 0 atom stereocenters. The first-order chi connectivity index (χ1) is 15.3. The summed E-state index contributed by atoms with van der Waals surface area (Å²) in [7, 11) is 0. The number of benzene rings is 2. The second-order valence-electron chi connectivity index (χ2n) is 6.89. The number of aromatic nitrogens is 5. The lowest BCUT2D eigenvalue weighted by atomic mass is 10.0. The summed E-state index contributed by atoms with van der Waals surface area (Å²) in [5.41, 5.74) is 5.98. The number of pyridine rings is 2. The van der Waals surface area contributed by atoms with Gasteiger partial charge in [-0.25, -0.2) is 4.98 Å². The maximum absolute atomic E-state index is 6.23. The topological polar surface area (TPSA) is 64.5 Å². The van der Waals surface area contributed by atoms with Gasteiger partial charge in [-0.15, -0.1) is 0 Å². The van der Waals surface area contributed by atoms with E-state index in [4.69, 9.17) is 11.6 Å². The number of hydrogen-bond acceptors (Lipinski definition) is 5. The molecule has 5 nitrogen and oxygen atoms in total. The molecule has 31 heavy (non-hydrogen) atoms. The van der Waals surface area contributed by atoms with Crippen LogP contribution in [0.2, 0.25) is 5.28 Å². The third kappa shape index (κ3) is 4.17. The van der Waals surface area contributed by atoms with Crippen LogP contribution in [0.25, 0.3) is 45.0 Å². The highest BCUT2D eigenvalue weighted by Gasteiger charge is 2.10. The monoisotopic (exact) mass is 421 g/mol.